The number of methoxy groups -OCH3 is 1. The first-order chi connectivity index (χ1) is 12.2. The van der Waals surface area contributed by atoms with Crippen molar-refractivity contribution in [2.75, 3.05) is 19.0 Å². The highest BCUT2D eigenvalue weighted by Crippen LogP contribution is 2.51. The number of ether oxygens (including phenoxy) is 1. The average molecular weight is 336 g/mol. The minimum Gasteiger partial charge on any atom is -0.497 e. The first-order valence-corrected chi connectivity index (χ1v) is 9.01. The zero-order valence-electron chi connectivity index (χ0n) is 14.7. The van der Waals surface area contributed by atoms with Crippen LogP contribution in [0.2, 0.25) is 0 Å². The van der Waals surface area contributed by atoms with Crippen molar-refractivity contribution in [3.8, 4) is 5.75 Å². The van der Waals surface area contributed by atoms with E-state index in [-0.39, 0.29) is 18.0 Å². The molecule has 2 aliphatic heterocycles. The van der Waals surface area contributed by atoms with Gasteiger partial charge in [-0.25, -0.2) is 0 Å². The minimum atomic E-state index is 0.115. The van der Waals surface area contributed by atoms with Gasteiger partial charge in [0.15, 0.2) is 0 Å². The maximum absolute atomic E-state index is 12.6. The number of hydrogen-bond donors (Lipinski definition) is 1. The Kier molecular flexibility index (Phi) is 4.12. The molecule has 25 heavy (non-hydrogen) atoms. The molecule has 1 fully saturated rings. The van der Waals surface area contributed by atoms with Crippen LogP contribution in [0.5, 0.6) is 5.75 Å². The molecule has 0 spiro atoms. The van der Waals surface area contributed by atoms with E-state index in [1.165, 1.54) is 11.1 Å². The first kappa shape index (κ1) is 16.0. The fourth-order valence-electron chi connectivity index (χ4n) is 4.36. The summed E-state index contributed by atoms with van der Waals surface area (Å²) >= 11 is 0. The fraction of sp³-hybridized carbons (Fsp3) is 0.381. The summed E-state index contributed by atoms with van der Waals surface area (Å²) in [5.41, 5.74) is 3.56. The van der Waals surface area contributed by atoms with Crippen molar-refractivity contribution in [2.45, 2.75) is 31.8 Å². The second-order valence-corrected chi connectivity index (χ2v) is 6.82. The van der Waals surface area contributed by atoms with Crippen LogP contribution in [0.3, 0.4) is 0 Å². The molecule has 4 heteroatoms. The summed E-state index contributed by atoms with van der Waals surface area (Å²) in [6, 6.07) is 17.0. The number of nitrogens with zero attached hydrogens (tertiary/aromatic N) is 1. The third-order valence-corrected chi connectivity index (χ3v) is 5.54. The largest absolute Gasteiger partial charge is 0.497 e. The van der Waals surface area contributed by atoms with Crippen LogP contribution in [-0.2, 0) is 4.79 Å². The molecule has 3 atom stereocenters. The Morgan fingerprint density at radius 2 is 2.04 bits per heavy atom. The van der Waals surface area contributed by atoms with Crippen molar-refractivity contribution in [1.29, 1.82) is 0 Å². The molecule has 0 aliphatic carbocycles. The maximum atomic E-state index is 12.6. The van der Waals surface area contributed by atoms with E-state index < -0.39 is 0 Å². The van der Waals surface area contributed by atoms with Crippen LogP contribution in [0.4, 0.5) is 5.69 Å². The van der Waals surface area contributed by atoms with E-state index in [0.29, 0.717) is 12.3 Å². The lowest BCUT2D eigenvalue weighted by Gasteiger charge is -2.40. The normalized spacial score (nSPS) is 24.2. The summed E-state index contributed by atoms with van der Waals surface area (Å²) in [4.78, 5) is 14.6. The monoisotopic (exact) mass is 336 g/mol. The summed E-state index contributed by atoms with van der Waals surface area (Å²) in [7, 11) is 1.69. The van der Waals surface area contributed by atoms with E-state index in [2.05, 4.69) is 46.6 Å². The zero-order valence-corrected chi connectivity index (χ0v) is 14.7. The second kappa shape index (κ2) is 6.43. The number of carbonyl (C=O) groups excluding carboxylic acids is 1. The number of nitrogens with one attached hydrogen (secondary N) is 1. The number of likely N-dealkylation sites (tertiary alicyclic amines) is 1. The maximum Gasteiger partial charge on any atom is 0.222 e. The molecule has 0 bridgehead atoms. The summed E-state index contributed by atoms with van der Waals surface area (Å²) < 4.78 is 5.43. The fourth-order valence-corrected chi connectivity index (χ4v) is 4.36. The van der Waals surface area contributed by atoms with Crippen molar-refractivity contribution in [2.24, 2.45) is 5.92 Å². The summed E-state index contributed by atoms with van der Waals surface area (Å²) in [6.45, 7) is 2.77. The zero-order chi connectivity index (χ0) is 17.4. The van der Waals surface area contributed by atoms with Gasteiger partial charge in [0.2, 0.25) is 5.91 Å². The van der Waals surface area contributed by atoms with Crippen LogP contribution in [0.25, 0.3) is 0 Å². The number of amides is 1. The highest BCUT2D eigenvalue weighted by molar-refractivity contribution is 5.78. The third kappa shape index (κ3) is 2.66. The van der Waals surface area contributed by atoms with Crippen molar-refractivity contribution < 1.29 is 9.53 Å². The SMILES string of the molecule is CCC(=O)N1CC[C@H]2[C@@H](c3ccccc3)Nc3ccc(OC)cc3[C@H]21. The predicted molar refractivity (Wildman–Crippen MR) is 98.7 cm³/mol. The van der Waals surface area contributed by atoms with Crippen molar-refractivity contribution in [3.05, 3.63) is 59.7 Å². The molecule has 0 aromatic heterocycles. The van der Waals surface area contributed by atoms with Gasteiger partial charge in [-0.05, 0) is 30.2 Å². The highest BCUT2D eigenvalue weighted by Gasteiger charge is 2.45. The van der Waals surface area contributed by atoms with Gasteiger partial charge in [0, 0.05) is 30.1 Å². The Balaban J connectivity index is 1.81. The first-order valence-electron chi connectivity index (χ1n) is 9.01. The van der Waals surface area contributed by atoms with Crippen molar-refractivity contribution in [1.82, 2.24) is 4.90 Å². The molecule has 2 heterocycles. The van der Waals surface area contributed by atoms with Crippen LogP contribution < -0.4 is 10.1 Å². The van der Waals surface area contributed by atoms with Crippen LogP contribution in [0, 0.1) is 5.92 Å². The highest BCUT2D eigenvalue weighted by atomic mass is 16.5. The second-order valence-electron chi connectivity index (χ2n) is 6.82. The number of benzene rings is 2. The lowest BCUT2D eigenvalue weighted by Crippen LogP contribution is -2.37. The molecule has 4 rings (SSSR count). The van der Waals surface area contributed by atoms with Crippen LogP contribution in [0.1, 0.15) is 43.0 Å². The molecule has 2 aromatic carbocycles. The number of hydrogen-bond acceptors (Lipinski definition) is 3. The molecular formula is C21H24N2O2. The van der Waals surface area contributed by atoms with Gasteiger partial charge in [0.05, 0.1) is 19.2 Å². The van der Waals surface area contributed by atoms with Gasteiger partial charge in [-0.1, -0.05) is 37.3 Å². The van der Waals surface area contributed by atoms with Gasteiger partial charge in [0.25, 0.3) is 0 Å². The molecule has 2 aromatic rings. The Labute approximate surface area is 148 Å². The third-order valence-electron chi connectivity index (χ3n) is 5.54. The van der Waals surface area contributed by atoms with E-state index in [1.807, 2.05) is 19.1 Å². The molecule has 0 radical (unpaired) electrons. The Morgan fingerprint density at radius 1 is 1.24 bits per heavy atom. The molecule has 1 N–H and O–H groups in total. The molecule has 0 unspecified atom stereocenters. The van der Waals surface area contributed by atoms with Gasteiger partial charge in [-0.15, -0.1) is 0 Å². The molecule has 1 saturated heterocycles. The van der Waals surface area contributed by atoms with Gasteiger partial charge < -0.3 is 15.0 Å². The van der Waals surface area contributed by atoms with E-state index in [1.54, 1.807) is 7.11 Å². The van der Waals surface area contributed by atoms with Crippen LogP contribution >= 0.6 is 0 Å². The van der Waals surface area contributed by atoms with E-state index >= 15 is 0 Å². The molecular weight excluding hydrogens is 312 g/mol. The van der Waals surface area contributed by atoms with Crippen LogP contribution in [-0.4, -0.2) is 24.5 Å². The number of carbonyl (C=O) groups is 1. The van der Waals surface area contributed by atoms with Gasteiger partial charge in [-0.3, -0.25) is 4.79 Å². The van der Waals surface area contributed by atoms with Gasteiger partial charge >= 0.3 is 0 Å². The Hall–Kier alpha value is -2.49. The number of fused-ring (bicyclic) bond motifs is 3. The molecule has 4 nitrogen and oxygen atoms in total. The average Bonchev–Trinajstić information content (AvgIpc) is 3.12. The minimum absolute atomic E-state index is 0.115. The quantitative estimate of drug-likeness (QED) is 0.915. The van der Waals surface area contributed by atoms with E-state index in [9.17, 15) is 4.79 Å². The van der Waals surface area contributed by atoms with E-state index in [0.717, 1.165) is 24.4 Å². The number of anilines is 1. The van der Waals surface area contributed by atoms with Crippen LogP contribution in [0.15, 0.2) is 48.5 Å². The molecule has 0 saturated carbocycles. The Morgan fingerprint density at radius 3 is 2.76 bits per heavy atom. The van der Waals surface area contributed by atoms with Gasteiger partial charge in [0.1, 0.15) is 5.75 Å². The smallest absolute Gasteiger partial charge is 0.222 e. The predicted octanol–water partition coefficient (Wildman–Crippen LogP) is 4.16. The topological polar surface area (TPSA) is 41.6 Å². The lowest BCUT2D eigenvalue weighted by atomic mass is 9.80. The summed E-state index contributed by atoms with van der Waals surface area (Å²) in [5, 5.41) is 3.72. The van der Waals surface area contributed by atoms with E-state index in [4.69, 9.17) is 4.74 Å². The van der Waals surface area contributed by atoms with Gasteiger partial charge in [-0.2, -0.15) is 0 Å². The molecule has 1 amide bonds. The number of rotatable bonds is 3. The Bertz CT molecular complexity index is 775. The van der Waals surface area contributed by atoms with Crippen molar-refractivity contribution >= 4 is 11.6 Å². The summed E-state index contributed by atoms with van der Waals surface area (Å²) in [6.07, 6.45) is 1.56. The lowest BCUT2D eigenvalue weighted by molar-refractivity contribution is -0.132. The van der Waals surface area contributed by atoms with Crippen molar-refractivity contribution in [3.63, 3.8) is 0 Å². The summed E-state index contributed by atoms with van der Waals surface area (Å²) in [5.74, 6) is 1.45. The molecule has 130 valence electrons. The molecule has 2 aliphatic rings. The standard InChI is InChI=1S/C21H24N2O2/c1-3-19(24)23-12-11-16-20(14-7-5-4-6-8-14)22-18-10-9-15(25-2)13-17(18)21(16)23/h4-10,13,16,20-22H,3,11-12H2,1-2H3/t16-,20+,21-/m0/s1.